The van der Waals surface area contributed by atoms with Gasteiger partial charge in [0, 0.05) is 25.8 Å². The molecule has 3 nitrogen and oxygen atoms in total. The fraction of sp³-hybridized carbons (Fsp3) is 0.643. The topological polar surface area (TPSA) is 42.1 Å². The van der Waals surface area contributed by atoms with Gasteiger partial charge in [0.1, 0.15) is 5.82 Å². The van der Waals surface area contributed by atoms with Gasteiger partial charge in [0.2, 0.25) is 0 Å². The molecule has 0 aliphatic carbocycles. The first-order valence-electron chi connectivity index (χ1n) is 6.72. The molecule has 1 aliphatic heterocycles. The van der Waals surface area contributed by atoms with Gasteiger partial charge in [0.15, 0.2) is 0 Å². The number of aryl methyl sites for hydroxylation is 1. The molecular weight excluding hydrogens is 210 g/mol. The number of hydrogen-bond acceptors (Lipinski definition) is 3. The lowest BCUT2D eigenvalue weighted by Gasteiger charge is -2.27. The van der Waals surface area contributed by atoms with Gasteiger partial charge in [0.25, 0.3) is 0 Å². The molecule has 1 aliphatic rings. The lowest BCUT2D eigenvalue weighted by molar-refractivity contribution is 0.553. The van der Waals surface area contributed by atoms with E-state index in [0.717, 1.165) is 24.5 Å². The molecule has 1 aromatic rings. The summed E-state index contributed by atoms with van der Waals surface area (Å²) in [4.78, 5) is 7.03. The van der Waals surface area contributed by atoms with Crippen molar-refractivity contribution < 1.29 is 0 Å². The van der Waals surface area contributed by atoms with Gasteiger partial charge in [-0.2, -0.15) is 0 Å². The second-order valence-corrected chi connectivity index (χ2v) is 4.94. The Hall–Kier alpha value is -1.09. The predicted molar refractivity (Wildman–Crippen MR) is 72.2 cm³/mol. The zero-order chi connectivity index (χ0) is 12.1. The molecule has 17 heavy (non-hydrogen) atoms. The van der Waals surface area contributed by atoms with E-state index in [1.54, 1.807) is 0 Å². The molecule has 3 heteroatoms. The van der Waals surface area contributed by atoms with Gasteiger partial charge in [-0.1, -0.05) is 19.3 Å². The molecule has 1 fully saturated rings. The van der Waals surface area contributed by atoms with E-state index in [2.05, 4.69) is 22.9 Å². The predicted octanol–water partition coefficient (Wildman–Crippen LogP) is 2.62. The molecule has 2 rings (SSSR count). The minimum Gasteiger partial charge on any atom is -0.356 e. The standard InChI is InChI=1S/C14H23N3/c1-12-9-13(10-15)11-16-14(12)17-7-5-3-2-4-6-8-17/h9,11H,2-8,10,15H2,1H3. The van der Waals surface area contributed by atoms with E-state index < -0.39 is 0 Å². The summed E-state index contributed by atoms with van der Waals surface area (Å²) in [5.74, 6) is 1.16. The van der Waals surface area contributed by atoms with Crippen LogP contribution in [0.2, 0.25) is 0 Å². The Labute approximate surface area is 104 Å². The molecular formula is C14H23N3. The van der Waals surface area contributed by atoms with Crippen LogP contribution >= 0.6 is 0 Å². The number of nitrogens with two attached hydrogens (primary N) is 1. The van der Waals surface area contributed by atoms with Crippen LogP contribution in [0.3, 0.4) is 0 Å². The van der Waals surface area contributed by atoms with Crippen LogP contribution in [0.15, 0.2) is 12.3 Å². The van der Waals surface area contributed by atoms with Gasteiger partial charge < -0.3 is 10.6 Å². The van der Waals surface area contributed by atoms with E-state index in [9.17, 15) is 0 Å². The van der Waals surface area contributed by atoms with E-state index in [1.165, 1.54) is 37.7 Å². The molecule has 0 saturated carbocycles. The van der Waals surface area contributed by atoms with Gasteiger partial charge in [-0.05, 0) is 37.0 Å². The molecule has 2 N–H and O–H groups in total. The zero-order valence-electron chi connectivity index (χ0n) is 10.8. The first-order chi connectivity index (χ1) is 8.31. The highest BCUT2D eigenvalue weighted by Crippen LogP contribution is 2.21. The number of hydrogen-bond donors (Lipinski definition) is 1. The fourth-order valence-corrected chi connectivity index (χ4v) is 2.53. The Balaban J connectivity index is 2.13. The van der Waals surface area contributed by atoms with Crippen LogP contribution in [0.25, 0.3) is 0 Å². The smallest absolute Gasteiger partial charge is 0.131 e. The molecule has 0 bridgehead atoms. The van der Waals surface area contributed by atoms with Crippen molar-refractivity contribution in [1.29, 1.82) is 0 Å². The van der Waals surface area contributed by atoms with Gasteiger partial charge in [0.05, 0.1) is 0 Å². The third-order valence-electron chi connectivity index (χ3n) is 3.50. The third-order valence-corrected chi connectivity index (χ3v) is 3.50. The van der Waals surface area contributed by atoms with Crippen molar-refractivity contribution in [3.63, 3.8) is 0 Å². The van der Waals surface area contributed by atoms with Gasteiger partial charge in [-0.25, -0.2) is 4.98 Å². The number of anilines is 1. The lowest BCUT2D eigenvalue weighted by Crippen LogP contribution is -2.28. The summed E-state index contributed by atoms with van der Waals surface area (Å²) in [6.45, 7) is 5.01. The van der Waals surface area contributed by atoms with Crippen molar-refractivity contribution in [2.24, 2.45) is 5.73 Å². The van der Waals surface area contributed by atoms with Crippen LogP contribution in [-0.2, 0) is 6.54 Å². The number of aromatic nitrogens is 1. The summed E-state index contributed by atoms with van der Waals surface area (Å²) in [5, 5.41) is 0. The van der Waals surface area contributed by atoms with Crippen LogP contribution < -0.4 is 10.6 Å². The molecule has 0 unspecified atom stereocenters. The van der Waals surface area contributed by atoms with Crippen molar-refractivity contribution >= 4 is 5.82 Å². The van der Waals surface area contributed by atoms with Crippen LogP contribution in [0.4, 0.5) is 5.82 Å². The second kappa shape index (κ2) is 6.01. The maximum absolute atomic E-state index is 5.64. The van der Waals surface area contributed by atoms with Gasteiger partial charge >= 0.3 is 0 Å². The number of pyridine rings is 1. The maximum atomic E-state index is 5.64. The van der Waals surface area contributed by atoms with Crippen LogP contribution in [0, 0.1) is 6.92 Å². The third kappa shape index (κ3) is 3.19. The van der Waals surface area contributed by atoms with E-state index in [-0.39, 0.29) is 0 Å². The largest absolute Gasteiger partial charge is 0.356 e. The summed E-state index contributed by atoms with van der Waals surface area (Å²) in [6, 6.07) is 2.17. The summed E-state index contributed by atoms with van der Waals surface area (Å²) in [7, 11) is 0. The molecule has 0 atom stereocenters. The minimum absolute atomic E-state index is 0.578. The van der Waals surface area contributed by atoms with Gasteiger partial charge in [-0.15, -0.1) is 0 Å². The first-order valence-corrected chi connectivity index (χ1v) is 6.72. The lowest BCUT2D eigenvalue weighted by atomic mass is 10.1. The normalized spacial score (nSPS) is 17.6. The summed E-state index contributed by atoms with van der Waals surface area (Å²) >= 11 is 0. The van der Waals surface area contributed by atoms with Gasteiger partial charge in [-0.3, -0.25) is 0 Å². The van der Waals surface area contributed by atoms with Crippen molar-refractivity contribution in [3.05, 3.63) is 23.4 Å². The molecule has 0 aromatic carbocycles. The highest BCUT2D eigenvalue weighted by Gasteiger charge is 2.12. The summed E-state index contributed by atoms with van der Waals surface area (Å²) in [5.41, 5.74) is 8.02. The minimum atomic E-state index is 0.578. The van der Waals surface area contributed by atoms with E-state index in [0.29, 0.717) is 6.54 Å². The summed E-state index contributed by atoms with van der Waals surface area (Å²) in [6.07, 6.45) is 8.61. The van der Waals surface area contributed by atoms with Crippen molar-refractivity contribution in [2.45, 2.75) is 45.6 Å². The highest BCUT2D eigenvalue weighted by atomic mass is 15.2. The molecule has 2 heterocycles. The Bertz CT molecular complexity index is 354. The van der Waals surface area contributed by atoms with Crippen molar-refractivity contribution in [1.82, 2.24) is 4.98 Å². The quantitative estimate of drug-likeness (QED) is 0.854. The van der Waals surface area contributed by atoms with E-state index in [1.807, 2.05) is 6.20 Å². The Kier molecular flexibility index (Phi) is 4.37. The monoisotopic (exact) mass is 233 g/mol. The Morgan fingerprint density at radius 1 is 1.18 bits per heavy atom. The van der Waals surface area contributed by atoms with E-state index >= 15 is 0 Å². The SMILES string of the molecule is Cc1cc(CN)cnc1N1CCCCCCC1. The molecule has 0 radical (unpaired) electrons. The van der Waals surface area contributed by atoms with Crippen molar-refractivity contribution in [2.75, 3.05) is 18.0 Å². The summed E-state index contributed by atoms with van der Waals surface area (Å²) < 4.78 is 0. The number of rotatable bonds is 2. The molecule has 0 amide bonds. The molecule has 1 saturated heterocycles. The molecule has 1 aromatic heterocycles. The average molecular weight is 233 g/mol. The zero-order valence-corrected chi connectivity index (χ0v) is 10.8. The second-order valence-electron chi connectivity index (χ2n) is 4.94. The maximum Gasteiger partial charge on any atom is 0.131 e. The fourth-order valence-electron chi connectivity index (χ4n) is 2.53. The van der Waals surface area contributed by atoms with E-state index in [4.69, 9.17) is 5.73 Å². The first kappa shape index (κ1) is 12.4. The number of nitrogens with zero attached hydrogens (tertiary/aromatic N) is 2. The van der Waals surface area contributed by atoms with Crippen LogP contribution in [0.5, 0.6) is 0 Å². The van der Waals surface area contributed by atoms with Crippen LogP contribution in [0.1, 0.15) is 43.2 Å². The average Bonchev–Trinajstić information content (AvgIpc) is 2.29. The Morgan fingerprint density at radius 3 is 2.41 bits per heavy atom. The van der Waals surface area contributed by atoms with Crippen LogP contribution in [-0.4, -0.2) is 18.1 Å². The molecule has 94 valence electrons. The Morgan fingerprint density at radius 2 is 1.82 bits per heavy atom. The highest BCUT2D eigenvalue weighted by molar-refractivity contribution is 5.47. The van der Waals surface area contributed by atoms with Crippen molar-refractivity contribution in [3.8, 4) is 0 Å². The molecule has 0 spiro atoms.